The van der Waals surface area contributed by atoms with Crippen molar-refractivity contribution >= 4 is 0 Å². The van der Waals surface area contributed by atoms with Crippen molar-refractivity contribution in [2.75, 3.05) is 0 Å². The SMILES string of the molecule is CCCCCC[C@H]1CCc2ccc(C)cc21. The molecule has 0 saturated carbocycles. The second kappa shape index (κ2) is 5.52. The van der Waals surface area contributed by atoms with Gasteiger partial charge in [0, 0.05) is 0 Å². The van der Waals surface area contributed by atoms with Gasteiger partial charge in [-0.05, 0) is 43.2 Å². The highest BCUT2D eigenvalue weighted by Gasteiger charge is 2.21. The summed E-state index contributed by atoms with van der Waals surface area (Å²) in [5.74, 6) is 0.867. The number of rotatable bonds is 5. The van der Waals surface area contributed by atoms with Gasteiger partial charge in [-0.15, -0.1) is 0 Å². The Hall–Kier alpha value is -0.780. The van der Waals surface area contributed by atoms with Crippen molar-refractivity contribution in [3.05, 3.63) is 34.9 Å². The predicted molar refractivity (Wildman–Crippen MR) is 71.0 cm³/mol. The summed E-state index contributed by atoms with van der Waals surface area (Å²) in [6.45, 7) is 4.50. The van der Waals surface area contributed by atoms with Gasteiger partial charge < -0.3 is 0 Å². The maximum atomic E-state index is 2.42. The minimum Gasteiger partial charge on any atom is -0.0654 e. The molecular weight excluding hydrogens is 192 g/mol. The second-order valence-electron chi connectivity index (χ2n) is 5.29. The maximum Gasteiger partial charge on any atom is -0.0156 e. The first-order chi connectivity index (χ1) is 7.81. The highest BCUT2D eigenvalue weighted by molar-refractivity contribution is 5.37. The number of aryl methyl sites for hydroxylation is 2. The van der Waals surface area contributed by atoms with Crippen LogP contribution in [0.3, 0.4) is 0 Å². The molecule has 0 N–H and O–H groups in total. The largest absolute Gasteiger partial charge is 0.0654 e. The molecular formula is C16H24. The Morgan fingerprint density at radius 3 is 2.88 bits per heavy atom. The topological polar surface area (TPSA) is 0 Å². The van der Waals surface area contributed by atoms with E-state index in [0.717, 1.165) is 5.92 Å². The van der Waals surface area contributed by atoms with Gasteiger partial charge in [-0.3, -0.25) is 0 Å². The van der Waals surface area contributed by atoms with E-state index in [1.165, 1.54) is 50.5 Å². The van der Waals surface area contributed by atoms with E-state index in [-0.39, 0.29) is 0 Å². The second-order valence-corrected chi connectivity index (χ2v) is 5.29. The molecule has 0 heteroatoms. The fraction of sp³-hybridized carbons (Fsp3) is 0.625. The summed E-state index contributed by atoms with van der Waals surface area (Å²) in [5, 5.41) is 0. The van der Waals surface area contributed by atoms with E-state index in [0.29, 0.717) is 0 Å². The molecule has 16 heavy (non-hydrogen) atoms. The van der Waals surface area contributed by atoms with Gasteiger partial charge in [-0.1, -0.05) is 56.4 Å². The number of benzene rings is 1. The molecule has 0 nitrogen and oxygen atoms in total. The van der Waals surface area contributed by atoms with Crippen LogP contribution in [-0.2, 0) is 6.42 Å². The third kappa shape index (κ3) is 2.66. The molecule has 0 aliphatic heterocycles. The first-order valence-electron chi connectivity index (χ1n) is 6.90. The van der Waals surface area contributed by atoms with Gasteiger partial charge in [0.05, 0.1) is 0 Å². The summed E-state index contributed by atoms with van der Waals surface area (Å²) in [6.07, 6.45) is 9.73. The Morgan fingerprint density at radius 2 is 2.06 bits per heavy atom. The predicted octanol–water partition coefficient (Wildman–Crippen LogP) is 5.00. The summed E-state index contributed by atoms with van der Waals surface area (Å²) in [7, 11) is 0. The van der Waals surface area contributed by atoms with Crippen LogP contribution in [-0.4, -0.2) is 0 Å². The summed E-state index contributed by atoms with van der Waals surface area (Å²) < 4.78 is 0. The van der Waals surface area contributed by atoms with Gasteiger partial charge in [0.2, 0.25) is 0 Å². The van der Waals surface area contributed by atoms with Crippen LogP contribution in [0.4, 0.5) is 0 Å². The van der Waals surface area contributed by atoms with Crippen LogP contribution in [0.2, 0.25) is 0 Å². The molecule has 1 aliphatic carbocycles. The molecule has 0 spiro atoms. The lowest BCUT2D eigenvalue weighted by Crippen LogP contribution is -1.94. The highest BCUT2D eigenvalue weighted by Crippen LogP contribution is 2.37. The van der Waals surface area contributed by atoms with Crippen LogP contribution < -0.4 is 0 Å². The molecule has 1 aromatic carbocycles. The van der Waals surface area contributed by atoms with Gasteiger partial charge in [0.15, 0.2) is 0 Å². The standard InChI is InChI=1S/C16H24/c1-3-4-5-6-7-14-10-11-15-9-8-13(2)12-16(14)15/h8-9,12,14H,3-7,10-11H2,1-2H3/t14-/m0/s1. The zero-order valence-electron chi connectivity index (χ0n) is 10.8. The van der Waals surface area contributed by atoms with Crippen molar-refractivity contribution in [3.8, 4) is 0 Å². The maximum absolute atomic E-state index is 2.42. The first-order valence-corrected chi connectivity index (χ1v) is 6.90. The molecule has 0 unspecified atom stereocenters. The van der Waals surface area contributed by atoms with Gasteiger partial charge >= 0.3 is 0 Å². The Morgan fingerprint density at radius 1 is 1.19 bits per heavy atom. The Balaban J connectivity index is 1.92. The smallest absolute Gasteiger partial charge is 0.0156 e. The van der Waals surface area contributed by atoms with Crippen LogP contribution in [0.25, 0.3) is 0 Å². The van der Waals surface area contributed by atoms with Crippen molar-refractivity contribution in [1.82, 2.24) is 0 Å². The van der Waals surface area contributed by atoms with E-state index in [2.05, 4.69) is 32.0 Å². The number of hydrogen-bond donors (Lipinski definition) is 0. The lowest BCUT2D eigenvalue weighted by Gasteiger charge is -2.11. The van der Waals surface area contributed by atoms with Gasteiger partial charge in [0.25, 0.3) is 0 Å². The van der Waals surface area contributed by atoms with Gasteiger partial charge in [-0.2, -0.15) is 0 Å². The fourth-order valence-electron chi connectivity index (χ4n) is 2.92. The molecule has 0 heterocycles. The molecule has 1 aliphatic rings. The molecule has 88 valence electrons. The number of fused-ring (bicyclic) bond motifs is 1. The van der Waals surface area contributed by atoms with Gasteiger partial charge in [-0.25, -0.2) is 0 Å². The molecule has 0 saturated heterocycles. The third-order valence-corrected chi connectivity index (χ3v) is 3.91. The van der Waals surface area contributed by atoms with Crippen molar-refractivity contribution in [2.45, 2.75) is 64.7 Å². The monoisotopic (exact) mass is 216 g/mol. The molecule has 0 amide bonds. The van der Waals surface area contributed by atoms with Crippen LogP contribution in [0.5, 0.6) is 0 Å². The fourth-order valence-corrected chi connectivity index (χ4v) is 2.92. The lowest BCUT2D eigenvalue weighted by molar-refractivity contribution is 0.550. The van der Waals surface area contributed by atoms with Crippen LogP contribution in [0, 0.1) is 6.92 Å². The third-order valence-electron chi connectivity index (χ3n) is 3.91. The summed E-state index contributed by atoms with van der Waals surface area (Å²) >= 11 is 0. The molecule has 1 aromatic rings. The van der Waals surface area contributed by atoms with E-state index in [9.17, 15) is 0 Å². The summed E-state index contributed by atoms with van der Waals surface area (Å²) in [6, 6.07) is 7.03. The van der Waals surface area contributed by atoms with E-state index < -0.39 is 0 Å². The van der Waals surface area contributed by atoms with E-state index in [1.54, 1.807) is 11.1 Å². The van der Waals surface area contributed by atoms with E-state index >= 15 is 0 Å². The van der Waals surface area contributed by atoms with Gasteiger partial charge in [0.1, 0.15) is 0 Å². The van der Waals surface area contributed by atoms with Crippen LogP contribution >= 0.6 is 0 Å². The summed E-state index contributed by atoms with van der Waals surface area (Å²) in [4.78, 5) is 0. The molecule has 0 bridgehead atoms. The van der Waals surface area contributed by atoms with E-state index in [1.807, 2.05) is 0 Å². The van der Waals surface area contributed by atoms with Crippen LogP contribution in [0.15, 0.2) is 18.2 Å². The molecule has 0 fully saturated rings. The van der Waals surface area contributed by atoms with E-state index in [4.69, 9.17) is 0 Å². The van der Waals surface area contributed by atoms with Crippen LogP contribution in [0.1, 0.15) is 68.1 Å². The first kappa shape index (κ1) is 11.7. The zero-order valence-corrected chi connectivity index (χ0v) is 10.8. The van der Waals surface area contributed by atoms with Crippen molar-refractivity contribution in [2.24, 2.45) is 0 Å². The molecule has 1 atom stereocenters. The average molecular weight is 216 g/mol. The lowest BCUT2D eigenvalue weighted by atomic mass is 9.94. The van der Waals surface area contributed by atoms with Crippen molar-refractivity contribution in [1.29, 1.82) is 0 Å². The molecule has 2 rings (SSSR count). The normalized spacial score (nSPS) is 18.8. The Labute approximate surface area is 100 Å². The Bertz CT molecular complexity index is 338. The average Bonchev–Trinajstić information content (AvgIpc) is 2.67. The highest BCUT2D eigenvalue weighted by atomic mass is 14.3. The minimum atomic E-state index is 0.867. The quantitative estimate of drug-likeness (QED) is 0.608. The summed E-state index contributed by atoms with van der Waals surface area (Å²) in [5.41, 5.74) is 4.71. The van der Waals surface area contributed by atoms with Crippen molar-refractivity contribution < 1.29 is 0 Å². The molecule has 0 radical (unpaired) electrons. The molecule has 0 aromatic heterocycles. The Kier molecular flexibility index (Phi) is 4.04. The van der Waals surface area contributed by atoms with Crippen molar-refractivity contribution in [3.63, 3.8) is 0 Å². The minimum absolute atomic E-state index is 0.867. The zero-order chi connectivity index (χ0) is 11.4. The number of hydrogen-bond acceptors (Lipinski definition) is 0. The number of unbranched alkanes of at least 4 members (excludes halogenated alkanes) is 3.